The lowest BCUT2D eigenvalue weighted by Gasteiger charge is -2.34. The predicted molar refractivity (Wildman–Crippen MR) is 73.6 cm³/mol. The summed E-state index contributed by atoms with van der Waals surface area (Å²) in [6.45, 7) is 6.09. The van der Waals surface area contributed by atoms with Crippen LogP contribution in [0.5, 0.6) is 5.88 Å². The van der Waals surface area contributed by atoms with E-state index in [4.69, 9.17) is 16.3 Å². The molecule has 1 aromatic rings. The standard InChI is InChI=1S/C13H20ClN3O/c1-9-12(15-8-16-13(9)18-3)17-6-4-11(5-7-17)10(2)14/h8,10-11H,4-7H2,1-3H3. The zero-order chi connectivity index (χ0) is 13.1. The minimum absolute atomic E-state index is 0.258. The van der Waals surface area contributed by atoms with Crippen molar-refractivity contribution in [1.29, 1.82) is 0 Å². The van der Waals surface area contributed by atoms with Crippen LogP contribution in [0.4, 0.5) is 5.82 Å². The van der Waals surface area contributed by atoms with Gasteiger partial charge in [0.05, 0.1) is 12.7 Å². The molecule has 0 saturated carbocycles. The van der Waals surface area contributed by atoms with E-state index in [0.717, 1.165) is 37.3 Å². The molecule has 1 unspecified atom stereocenters. The highest BCUT2D eigenvalue weighted by molar-refractivity contribution is 6.20. The number of hydrogen-bond donors (Lipinski definition) is 0. The zero-order valence-corrected chi connectivity index (χ0v) is 11.9. The monoisotopic (exact) mass is 269 g/mol. The Morgan fingerprint density at radius 2 is 2.06 bits per heavy atom. The van der Waals surface area contributed by atoms with Gasteiger partial charge >= 0.3 is 0 Å². The molecule has 1 aliphatic rings. The maximum absolute atomic E-state index is 6.17. The van der Waals surface area contributed by atoms with Crippen LogP contribution < -0.4 is 9.64 Å². The Morgan fingerprint density at radius 1 is 1.39 bits per heavy atom. The van der Waals surface area contributed by atoms with E-state index in [0.29, 0.717) is 11.8 Å². The molecular weight excluding hydrogens is 250 g/mol. The summed E-state index contributed by atoms with van der Waals surface area (Å²) < 4.78 is 5.24. The number of rotatable bonds is 3. The third kappa shape index (κ3) is 2.69. The van der Waals surface area contributed by atoms with Crippen LogP contribution in [-0.2, 0) is 0 Å². The molecule has 1 saturated heterocycles. The summed E-state index contributed by atoms with van der Waals surface area (Å²) in [4.78, 5) is 10.8. The molecule has 0 bridgehead atoms. The van der Waals surface area contributed by atoms with Gasteiger partial charge in [0, 0.05) is 18.5 Å². The molecule has 0 N–H and O–H groups in total. The first-order valence-corrected chi connectivity index (χ1v) is 6.81. The van der Waals surface area contributed by atoms with Crippen molar-refractivity contribution in [2.75, 3.05) is 25.1 Å². The average molecular weight is 270 g/mol. The zero-order valence-electron chi connectivity index (χ0n) is 11.2. The molecule has 5 heteroatoms. The molecule has 0 aliphatic carbocycles. The SMILES string of the molecule is COc1ncnc(N2CCC(C(C)Cl)CC2)c1C. The molecule has 100 valence electrons. The van der Waals surface area contributed by atoms with Gasteiger partial charge in [-0.2, -0.15) is 0 Å². The molecule has 1 aliphatic heterocycles. The Morgan fingerprint density at radius 3 is 2.61 bits per heavy atom. The number of nitrogens with zero attached hydrogens (tertiary/aromatic N) is 3. The van der Waals surface area contributed by atoms with Crippen LogP contribution in [0.1, 0.15) is 25.3 Å². The van der Waals surface area contributed by atoms with E-state index in [2.05, 4.69) is 21.8 Å². The first-order valence-electron chi connectivity index (χ1n) is 6.38. The van der Waals surface area contributed by atoms with E-state index in [1.807, 2.05) is 6.92 Å². The number of alkyl halides is 1. The van der Waals surface area contributed by atoms with Gasteiger partial charge in [-0.15, -0.1) is 11.6 Å². The van der Waals surface area contributed by atoms with Gasteiger partial charge in [-0.1, -0.05) is 0 Å². The smallest absolute Gasteiger partial charge is 0.221 e. The van der Waals surface area contributed by atoms with Crippen LogP contribution in [-0.4, -0.2) is 35.5 Å². The summed E-state index contributed by atoms with van der Waals surface area (Å²) in [7, 11) is 1.64. The maximum atomic E-state index is 6.17. The Balaban J connectivity index is 2.10. The van der Waals surface area contributed by atoms with Crippen molar-refractivity contribution in [2.24, 2.45) is 5.92 Å². The van der Waals surface area contributed by atoms with Gasteiger partial charge in [0.25, 0.3) is 0 Å². The van der Waals surface area contributed by atoms with E-state index in [1.54, 1.807) is 13.4 Å². The Labute approximate surface area is 113 Å². The summed E-state index contributed by atoms with van der Waals surface area (Å²) in [5.74, 6) is 2.27. The van der Waals surface area contributed by atoms with Crippen LogP contribution in [0.3, 0.4) is 0 Å². The molecule has 18 heavy (non-hydrogen) atoms. The third-order valence-corrected chi connectivity index (χ3v) is 4.05. The summed E-state index contributed by atoms with van der Waals surface area (Å²) >= 11 is 6.17. The van der Waals surface area contributed by atoms with E-state index in [-0.39, 0.29) is 5.38 Å². The summed E-state index contributed by atoms with van der Waals surface area (Å²) in [5, 5.41) is 0.258. The first-order chi connectivity index (χ1) is 8.63. The van der Waals surface area contributed by atoms with Crippen molar-refractivity contribution in [3.63, 3.8) is 0 Å². The average Bonchev–Trinajstić information content (AvgIpc) is 2.39. The van der Waals surface area contributed by atoms with E-state index >= 15 is 0 Å². The number of hydrogen-bond acceptors (Lipinski definition) is 4. The highest BCUT2D eigenvalue weighted by atomic mass is 35.5. The largest absolute Gasteiger partial charge is 0.481 e. The van der Waals surface area contributed by atoms with E-state index < -0.39 is 0 Å². The van der Waals surface area contributed by atoms with Crippen molar-refractivity contribution in [3.05, 3.63) is 11.9 Å². The number of ether oxygens (including phenoxy) is 1. The summed E-state index contributed by atoms with van der Waals surface area (Å²) in [6, 6.07) is 0. The Bertz CT molecular complexity index is 403. The van der Waals surface area contributed by atoms with Crippen LogP contribution >= 0.6 is 11.6 Å². The molecule has 1 fully saturated rings. The lowest BCUT2D eigenvalue weighted by atomic mass is 9.94. The van der Waals surface area contributed by atoms with Gasteiger partial charge in [0.15, 0.2) is 0 Å². The number of aromatic nitrogens is 2. The fourth-order valence-electron chi connectivity index (χ4n) is 2.52. The second kappa shape index (κ2) is 5.74. The topological polar surface area (TPSA) is 38.3 Å². The maximum Gasteiger partial charge on any atom is 0.221 e. The normalized spacial score (nSPS) is 18.8. The van der Waals surface area contributed by atoms with Crippen LogP contribution in [0.25, 0.3) is 0 Å². The van der Waals surface area contributed by atoms with Gasteiger partial charge in [0.1, 0.15) is 12.1 Å². The molecule has 0 spiro atoms. The number of piperidine rings is 1. The second-order valence-corrected chi connectivity index (χ2v) is 5.52. The van der Waals surface area contributed by atoms with Gasteiger partial charge in [-0.3, -0.25) is 0 Å². The van der Waals surface area contributed by atoms with Crippen molar-refractivity contribution >= 4 is 17.4 Å². The van der Waals surface area contributed by atoms with Crippen molar-refractivity contribution in [1.82, 2.24) is 9.97 Å². The molecule has 1 aromatic heterocycles. The first kappa shape index (κ1) is 13.4. The second-order valence-electron chi connectivity index (χ2n) is 4.83. The summed E-state index contributed by atoms with van der Waals surface area (Å²) in [6.07, 6.45) is 3.81. The molecule has 1 atom stereocenters. The third-order valence-electron chi connectivity index (χ3n) is 3.69. The fraction of sp³-hybridized carbons (Fsp3) is 0.692. The van der Waals surface area contributed by atoms with Crippen molar-refractivity contribution in [2.45, 2.75) is 32.1 Å². The van der Waals surface area contributed by atoms with E-state index in [1.165, 1.54) is 0 Å². The van der Waals surface area contributed by atoms with Crippen LogP contribution in [0.15, 0.2) is 6.33 Å². The molecule has 0 radical (unpaired) electrons. The lowest BCUT2D eigenvalue weighted by molar-refractivity contribution is 0.387. The molecule has 0 amide bonds. The lowest BCUT2D eigenvalue weighted by Crippen LogP contribution is -2.36. The van der Waals surface area contributed by atoms with Gasteiger partial charge in [-0.05, 0) is 32.6 Å². The van der Waals surface area contributed by atoms with Crippen molar-refractivity contribution < 1.29 is 4.74 Å². The highest BCUT2D eigenvalue weighted by Crippen LogP contribution is 2.29. The molecular formula is C13H20ClN3O. The number of anilines is 1. The minimum atomic E-state index is 0.258. The molecule has 2 heterocycles. The van der Waals surface area contributed by atoms with E-state index in [9.17, 15) is 0 Å². The Hall–Kier alpha value is -1.03. The fourth-order valence-corrected chi connectivity index (χ4v) is 2.77. The Kier molecular flexibility index (Phi) is 4.27. The minimum Gasteiger partial charge on any atom is -0.481 e. The molecule has 4 nitrogen and oxygen atoms in total. The molecule has 2 rings (SSSR count). The van der Waals surface area contributed by atoms with Crippen LogP contribution in [0.2, 0.25) is 0 Å². The predicted octanol–water partition coefficient (Wildman–Crippen LogP) is 2.64. The van der Waals surface area contributed by atoms with Crippen molar-refractivity contribution in [3.8, 4) is 5.88 Å². The van der Waals surface area contributed by atoms with Crippen LogP contribution in [0, 0.1) is 12.8 Å². The molecule has 0 aromatic carbocycles. The van der Waals surface area contributed by atoms with Gasteiger partial charge in [0.2, 0.25) is 5.88 Å². The highest BCUT2D eigenvalue weighted by Gasteiger charge is 2.24. The van der Waals surface area contributed by atoms with Gasteiger partial charge in [-0.25, -0.2) is 9.97 Å². The van der Waals surface area contributed by atoms with Gasteiger partial charge < -0.3 is 9.64 Å². The summed E-state index contributed by atoms with van der Waals surface area (Å²) in [5.41, 5.74) is 1.01. The quantitative estimate of drug-likeness (QED) is 0.791. The number of halogens is 1. The number of methoxy groups -OCH3 is 1.